The second kappa shape index (κ2) is 7.71. The Labute approximate surface area is 111 Å². The molecule has 5 nitrogen and oxygen atoms in total. The van der Waals surface area contributed by atoms with Crippen molar-refractivity contribution in [2.24, 2.45) is 0 Å². The van der Waals surface area contributed by atoms with Gasteiger partial charge >= 0.3 is 7.82 Å². The number of rotatable bonds is 3. The third-order valence-electron chi connectivity index (χ3n) is 2.00. The molecule has 0 amide bonds. The average Bonchev–Trinajstić information content (AvgIpc) is 2.39. The van der Waals surface area contributed by atoms with Crippen LogP contribution in [0, 0.1) is 0 Å². The van der Waals surface area contributed by atoms with Crippen molar-refractivity contribution in [3.8, 4) is 5.75 Å². The van der Waals surface area contributed by atoms with Gasteiger partial charge in [-0.05, 0) is 17.7 Å². The quantitative estimate of drug-likeness (QED) is 0.753. The number of hydrogen-bond donors (Lipinski definition) is 3. The Balaban J connectivity index is 0.000000218. The van der Waals surface area contributed by atoms with Gasteiger partial charge in [0.2, 0.25) is 0 Å². The maximum atomic E-state index is 10.3. The maximum absolute atomic E-state index is 10.3. The lowest BCUT2D eigenvalue weighted by atomic mass is 10.2. The van der Waals surface area contributed by atoms with Crippen LogP contribution in [0.4, 0.5) is 0 Å². The highest BCUT2D eigenvalue weighted by Crippen LogP contribution is 2.36. The molecule has 0 aliphatic carbocycles. The van der Waals surface area contributed by atoms with Gasteiger partial charge < -0.3 is 14.9 Å². The molecule has 0 radical (unpaired) electrons. The fourth-order valence-corrected chi connectivity index (χ4v) is 1.48. The number of benzene rings is 2. The largest absolute Gasteiger partial charge is 0.508 e. The molecule has 0 unspecified atom stereocenters. The molecule has 102 valence electrons. The van der Waals surface area contributed by atoms with Crippen molar-refractivity contribution < 1.29 is 24.0 Å². The minimum absolute atomic E-state index is 0.0644. The number of phosphoric acid groups is 1. The molecule has 2 aromatic rings. The highest BCUT2D eigenvalue weighted by Gasteiger charge is 2.12. The van der Waals surface area contributed by atoms with Crippen molar-refractivity contribution in [1.29, 1.82) is 0 Å². The van der Waals surface area contributed by atoms with Crippen LogP contribution in [0.15, 0.2) is 60.7 Å². The van der Waals surface area contributed by atoms with Crippen molar-refractivity contribution in [3.63, 3.8) is 0 Å². The summed E-state index contributed by atoms with van der Waals surface area (Å²) in [5.41, 5.74) is 0.737. The first-order valence-electron chi connectivity index (χ1n) is 5.45. The smallest absolute Gasteiger partial charge is 0.469 e. The number of phenols is 1. The van der Waals surface area contributed by atoms with Gasteiger partial charge in [0.05, 0.1) is 6.61 Å². The third kappa shape index (κ3) is 8.13. The van der Waals surface area contributed by atoms with Crippen molar-refractivity contribution >= 4 is 7.82 Å². The van der Waals surface area contributed by atoms with E-state index in [1.807, 2.05) is 12.1 Å². The number of phosphoric ester groups is 1. The first-order valence-corrected chi connectivity index (χ1v) is 6.98. The van der Waals surface area contributed by atoms with Gasteiger partial charge in [0.25, 0.3) is 0 Å². The predicted octanol–water partition coefficient (Wildman–Crippen LogP) is 2.69. The summed E-state index contributed by atoms with van der Waals surface area (Å²) in [5, 5.41) is 8.63. The molecular formula is C13H15O5P. The molecule has 0 spiro atoms. The van der Waals surface area contributed by atoms with Gasteiger partial charge in [-0.3, -0.25) is 4.52 Å². The summed E-state index contributed by atoms with van der Waals surface area (Å²) in [6.07, 6.45) is 0. The van der Waals surface area contributed by atoms with Gasteiger partial charge in [-0.25, -0.2) is 4.57 Å². The molecular weight excluding hydrogens is 267 g/mol. The Hall–Kier alpha value is -1.65. The first kappa shape index (κ1) is 15.4. The standard InChI is InChI=1S/C7H9O4P.C6H6O/c8-12(9,10)11-6-7-4-2-1-3-5-7;7-6-4-2-1-3-5-6/h1-5H,6H2,(H2,8,9,10);1-5,7H. The molecule has 0 atom stereocenters. The molecule has 19 heavy (non-hydrogen) atoms. The number of phenolic OH excluding ortho intramolecular Hbond substituents is 1. The lowest BCUT2D eigenvalue weighted by Gasteiger charge is -2.03. The van der Waals surface area contributed by atoms with Gasteiger partial charge in [0.1, 0.15) is 5.75 Å². The molecule has 0 aliphatic heterocycles. The van der Waals surface area contributed by atoms with Crippen molar-refractivity contribution in [2.45, 2.75) is 6.61 Å². The minimum Gasteiger partial charge on any atom is -0.508 e. The summed E-state index contributed by atoms with van der Waals surface area (Å²) in [7, 11) is -4.33. The van der Waals surface area contributed by atoms with Crippen LogP contribution in [0.1, 0.15) is 5.56 Å². The summed E-state index contributed by atoms with van der Waals surface area (Å²) in [5.74, 6) is 0.322. The monoisotopic (exact) mass is 282 g/mol. The molecule has 0 saturated heterocycles. The highest BCUT2D eigenvalue weighted by atomic mass is 31.2. The van der Waals surface area contributed by atoms with Crippen LogP contribution < -0.4 is 0 Å². The van der Waals surface area contributed by atoms with E-state index in [-0.39, 0.29) is 6.61 Å². The van der Waals surface area contributed by atoms with E-state index in [4.69, 9.17) is 14.9 Å². The van der Waals surface area contributed by atoms with Gasteiger partial charge in [0.15, 0.2) is 0 Å². The Kier molecular flexibility index (Phi) is 6.25. The zero-order chi connectivity index (χ0) is 14.1. The Morgan fingerprint density at radius 1 is 0.895 bits per heavy atom. The van der Waals surface area contributed by atoms with Crippen molar-refractivity contribution in [1.82, 2.24) is 0 Å². The summed E-state index contributed by atoms with van der Waals surface area (Å²) in [4.78, 5) is 16.7. The van der Waals surface area contributed by atoms with Crippen LogP contribution in [0.5, 0.6) is 5.75 Å². The van der Waals surface area contributed by atoms with Crippen LogP contribution in [-0.4, -0.2) is 14.9 Å². The Morgan fingerprint density at radius 2 is 1.37 bits per heavy atom. The van der Waals surface area contributed by atoms with E-state index in [0.29, 0.717) is 5.75 Å². The Morgan fingerprint density at radius 3 is 1.74 bits per heavy atom. The van der Waals surface area contributed by atoms with Gasteiger partial charge in [-0.15, -0.1) is 0 Å². The van der Waals surface area contributed by atoms with Crippen LogP contribution in [-0.2, 0) is 15.7 Å². The van der Waals surface area contributed by atoms with E-state index >= 15 is 0 Å². The molecule has 0 bridgehead atoms. The lowest BCUT2D eigenvalue weighted by Crippen LogP contribution is -1.89. The number of aromatic hydroxyl groups is 1. The predicted molar refractivity (Wildman–Crippen MR) is 71.4 cm³/mol. The zero-order valence-corrected chi connectivity index (χ0v) is 11.0. The van der Waals surface area contributed by atoms with E-state index in [2.05, 4.69) is 4.52 Å². The van der Waals surface area contributed by atoms with Crippen LogP contribution in [0.2, 0.25) is 0 Å². The molecule has 0 fully saturated rings. The first-order chi connectivity index (χ1) is 8.97. The average molecular weight is 282 g/mol. The number of hydrogen-bond acceptors (Lipinski definition) is 3. The van der Waals surface area contributed by atoms with E-state index in [1.165, 1.54) is 0 Å². The fraction of sp³-hybridized carbons (Fsp3) is 0.0769. The third-order valence-corrected chi connectivity index (χ3v) is 2.46. The normalized spacial score (nSPS) is 10.4. The van der Waals surface area contributed by atoms with Crippen LogP contribution in [0.3, 0.4) is 0 Å². The molecule has 0 heterocycles. The van der Waals surface area contributed by atoms with Gasteiger partial charge in [-0.1, -0.05) is 48.5 Å². The van der Waals surface area contributed by atoms with Crippen molar-refractivity contribution in [2.75, 3.05) is 0 Å². The molecule has 3 N–H and O–H groups in total. The SMILES string of the molecule is O=P(O)(O)OCc1ccccc1.Oc1ccccc1. The summed E-state index contributed by atoms with van der Waals surface area (Å²) < 4.78 is 14.6. The molecule has 0 aliphatic rings. The second-order valence-corrected chi connectivity index (χ2v) is 4.82. The van der Waals surface area contributed by atoms with Gasteiger partial charge in [0, 0.05) is 0 Å². The molecule has 2 aromatic carbocycles. The van der Waals surface area contributed by atoms with E-state index in [9.17, 15) is 4.57 Å². The van der Waals surface area contributed by atoms with Crippen molar-refractivity contribution in [3.05, 3.63) is 66.2 Å². The highest BCUT2D eigenvalue weighted by molar-refractivity contribution is 7.46. The second-order valence-electron chi connectivity index (χ2n) is 3.59. The summed E-state index contributed by atoms with van der Waals surface area (Å²) in [6.45, 7) is -0.0644. The van der Waals surface area contributed by atoms with E-state index in [0.717, 1.165) is 5.56 Å². The lowest BCUT2D eigenvalue weighted by molar-refractivity contribution is 0.189. The maximum Gasteiger partial charge on any atom is 0.469 e. The van der Waals surface area contributed by atoms with Gasteiger partial charge in [-0.2, -0.15) is 0 Å². The van der Waals surface area contributed by atoms with Crippen LogP contribution >= 0.6 is 7.82 Å². The molecule has 6 heteroatoms. The van der Waals surface area contributed by atoms with Crippen LogP contribution in [0.25, 0.3) is 0 Å². The number of para-hydroxylation sites is 1. The minimum atomic E-state index is -4.33. The van der Waals surface area contributed by atoms with E-state index < -0.39 is 7.82 Å². The van der Waals surface area contributed by atoms with E-state index in [1.54, 1.807) is 48.5 Å². The molecule has 2 rings (SSSR count). The zero-order valence-electron chi connectivity index (χ0n) is 10.1. The Bertz CT molecular complexity index is 509. The topological polar surface area (TPSA) is 87.0 Å². The fourth-order valence-electron chi connectivity index (χ4n) is 1.16. The summed E-state index contributed by atoms with van der Waals surface area (Å²) >= 11 is 0. The molecule has 0 aromatic heterocycles. The molecule has 0 saturated carbocycles. The summed E-state index contributed by atoms with van der Waals surface area (Å²) in [6, 6.07) is 17.5.